The normalized spacial score (nSPS) is 18.8. The number of halogens is 2. The molecule has 15 rings (SSSR count). The van der Waals surface area contributed by atoms with Crippen molar-refractivity contribution in [2.24, 2.45) is 70.0 Å². The maximum atomic E-state index is 13.6. The van der Waals surface area contributed by atoms with Gasteiger partial charge in [-0.25, -0.2) is 54.1 Å². The lowest BCUT2D eigenvalue weighted by atomic mass is 9.60. The standard InChI is InChI=1S/C24H31N3O2S.C21H31N.C20H31N3O2S.C20H29N3O.C20H27N3.C18H24BrFN2/c1-23(2,3)24(19-25-4)13-15-27(16-14-24)18-20-9-8-10-21(17-20)26-30(28,29)22-11-6-5-7-12-22;1-5-21(20(2,3)4)11-13-22(14-12-21)16-17-9-10-18-7-6-8-19(18)15-17;1-6-26(24,25)22-18-9-7-8-17(14-18)15-23-12-10-20(11-13-23,16-21-5)19(2,3)4;1-16(24)22-18-8-6-7-17(13-18)14-23-11-9-20(10-12-23,15-21-5)19(2,3)4;1-19(2,3)20(15-21-4)8-11-23(12-9-20)14-16-5-6-18-17(13-16)7-10-22-18;1-17(2,3)18(13-21-4)7-9-22(10-8-18)12-14-5-6-15(19)16(20)11-14/h5-12,17,26H,13-16,18-19H2,1-3H3;6-7,9-10,15H,5,8,11-14,16H2,1-4H3;7-9,14,22H,6,10-13,15-16H2,1-4H3;6-8,13H,9-12,14-15H2,1-4H3,(H,22,24);5-6,10,13H,7-9,11-12,14-15H2,1-3H3;5-6,11H,7-10,12-13H2,1-3H3. The Bertz CT molecular complexity index is 6010. The van der Waals surface area contributed by atoms with Gasteiger partial charge in [0.05, 0.1) is 20.8 Å². The lowest BCUT2D eigenvalue weighted by molar-refractivity contribution is -0.114. The summed E-state index contributed by atoms with van der Waals surface area (Å²) in [6.45, 7) is 104. The molecular formula is C123H173BrFN15O5S2. The first kappa shape index (κ1) is 119. The summed E-state index contributed by atoms with van der Waals surface area (Å²) in [6, 6.07) is 50.8. The van der Waals surface area contributed by atoms with Crippen LogP contribution in [-0.2, 0) is 77.0 Å². The van der Waals surface area contributed by atoms with Crippen molar-refractivity contribution in [3.63, 3.8) is 0 Å². The Hall–Kier alpha value is -9.46. The molecule has 24 heteroatoms. The van der Waals surface area contributed by atoms with Crippen LogP contribution in [-0.4, -0.2) is 175 Å². The maximum absolute atomic E-state index is 13.6. The predicted octanol–water partition coefficient (Wildman–Crippen LogP) is 28.1. The quantitative estimate of drug-likeness (QED) is 0.0465. The number of sulfonamides is 2. The van der Waals surface area contributed by atoms with E-state index in [9.17, 15) is 26.0 Å². The third-order valence-electron chi connectivity index (χ3n) is 35.0. The molecule has 0 spiro atoms. The van der Waals surface area contributed by atoms with Crippen LogP contribution >= 0.6 is 15.9 Å². The second-order valence-electron chi connectivity index (χ2n) is 49.3. The van der Waals surface area contributed by atoms with Crippen LogP contribution in [0.5, 0.6) is 0 Å². The molecule has 7 aliphatic heterocycles. The molecule has 0 aromatic heterocycles. The second-order valence-corrected chi connectivity index (χ2v) is 53.9. The van der Waals surface area contributed by atoms with Gasteiger partial charge in [0.15, 0.2) is 0 Å². The van der Waals surface area contributed by atoms with E-state index in [1.807, 2.05) is 66.9 Å². The van der Waals surface area contributed by atoms with Crippen molar-refractivity contribution < 1.29 is 26.0 Å². The van der Waals surface area contributed by atoms with E-state index >= 15 is 0 Å². The number of hydrogen-bond donors (Lipinski definition) is 3. The molecule has 7 aromatic rings. The van der Waals surface area contributed by atoms with Crippen molar-refractivity contribution in [3.8, 4) is 0 Å². The average molecular weight is 2100 g/mol. The molecule has 0 saturated carbocycles. The van der Waals surface area contributed by atoms with Crippen molar-refractivity contribution in [1.82, 2.24) is 29.4 Å². The summed E-state index contributed by atoms with van der Waals surface area (Å²) in [5.74, 6) is -0.176. The van der Waals surface area contributed by atoms with Crippen LogP contribution in [0.25, 0.3) is 30.3 Å². The monoisotopic (exact) mass is 2100 g/mol. The Morgan fingerprint density at radius 3 is 1.03 bits per heavy atom. The van der Waals surface area contributed by atoms with Crippen molar-refractivity contribution in [2.75, 3.05) is 132 Å². The van der Waals surface area contributed by atoms with E-state index in [0.29, 0.717) is 59.4 Å². The highest BCUT2D eigenvalue weighted by Crippen LogP contribution is 2.54. The van der Waals surface area contributed by atoms with Gasteiger partial charge in [0, 0.05) is 103 Å². The summed E-state index contributed by atoms with van der Waals surface area (Å²) < 4.78 is 68.1. The number of carbonyl (C=O) groups is 1. The Morgan fingerprint density at radius 1 is 0.381 bits per heavy atom. The van der Waals surface area contributed by atoms with E-state index < -0.39 is 20.0 Å². The maximum Gasteiger partial charge on any atom is 0.261 e. The molecule has 6 fully saturated rings. The number of rotatable bonds is 25. The van der Waals surface area contributed by atoms with Gasteiger partial charge in [0.2, 0.25) is 48.7 Å². The van der Waals surface area contributed by atoms with Crippen molar-refractivity contribution in [3.05, 3.63) is 281 Å². The highest BCUT2D eigenvalue weighted by molar-refractivity contribution is 9.10. The number of fused-ring (bicyclic) bond motifs is 2. The number of anilines is 3. The average Bonchev–Trinajstić information content (AvgIpc) is 1.40. The largest absolute Gasteiger partial charge is 0.326 e. The molecule has 1 aliphatic carbocycles. The van der Waals surface area contributed by atoms with E-state index in [2.05, 4.69) is 275 Å². The number of aliphatic imine (C=N–C) groups is 1. The summed E-state index contributed by atoms with van der Waals surface area (Å²) in [5.41, 5.74) is 17.0. The smallest absolute Gasteiger partial charge is 0.261 e. The van der Waals surface area contributed by atoms with Crippen molar-refractivity contribution in [1.29, 1.82) is 0 Å². The lowest BCUT2D eigenvalue weighted by Gasteiger charge is -2.50. The minimum absolute atomic E-state index is 0.0424. The number of carbonyl (C=O) groups excluding carboxylic acids is 1. The summed E-state index contributed by atoms with van der Waals surface area (Å²) in [4.78, 5) is 49.4. The van der Waals surface area contributed by atoms with Gasteiger partial charge in [0.1, 0.15) is 5.82 Å². The van der Waals surface area contributed by atoms with Crippen LogP contribution < -0.4 is 14.8 Å². The molecule has 7 heterocycles. The van der Waals surface area contributed by atoms with Gasteiger partial charge in [-0.2, -0.15) is 0 Å². The first-order chi connectivity index (χ1) is 69.2. The highest BCUT2D eigenvalue weighted by Gasteiger charge is 2.52. The minimum Gasteiger partial charge on any atom is -0.326 e. The molecule has 7 aromatic carbocycles. The zero-order valence-electron chi connectivity index (χ0n) is 92.8. The van der Waals surface area contributed by atoms with Gasteiger partial charge in [-0.1, -0.05) is 235 Å². The molecule has 1 amide bonds. The van der Waals surface area contributed by atoms with Crippen LogP contribution in [0.1, 0.15) is 279 Å². The number of likely N-dealkylation sites (tertiary alicyclic amines) is 6. The molecule has 0 bridgehead atoms. The SMILES string of the molecule is CCC1(C(C)(C)C)CCN(Cc2ccc3c(c2)CC=C3)CC1.[C-]#[N+]CC1(C(C)(C)C)CCN(Cc2ccc(Br)c(F)c2)CC1.[C-]#[N+]CC1(C(C)(C)C)CCN(Cc2ccc3c(c2)CC=N3)CC1.[C-]#[N+]CC1(C(C)(C)C)CCN(Cc2cccc(NC(C)=O)c2)CC1.[C-]#[N+]CC1(C(C)(C)C)CCN(Cc2cccc(NS(=O)(=O)CC)c2)CC1.[C-]#[N+]CC1(C(C)(C)C)CCN(Cc2cccc(NS(=O)(=O)c3ccccc3)c2)CC1. The van der Waals surface area contributed by atoms with Crippen molar-refractivity contribution in [2.45, 2.75) is 286 Å². The molecule has 3 N–H and O–H groups in total. The molecule has 0 unspecified atom stereocenters. The molecule has 0 radical (unpaired) electrons. The topological polar surface area (TPSA) is 175 Å². The van der Waals surface area contributed by atoms with Gasteiger partial charge < -0.3 is 29.5 Å². The summed E-state index contributed by atoms with van der Waals surface area (Å²) in [6.07, 6.45) is 23.2. The number of benzene rings is 7. The molecule has 147 heavy (non-hydrogen) atoms. The number of amides is 1. The second kappa shape index (κ2) is 51.6. The minimum atomic E-state index is -3.59. The number of allylic oxidation sites excluding steroid dienone is 1. The van der Waals surface area contributed by atoms with Crippen LogP contribution in [0.3, 0.4) is 0 Å². The number of hydrogen-bond acceptors (Lipinski definition) is 12. The third-order valence-corrected chi connectivity index (χ3v) is 38.4. The van der Waals surface area contributed by atoms with E-state index in [-0.39, 0.29) is 76.5 Å². The van der Waals surface area contributed by atoms with Gasteiger partial charge in [0.25, 0.3) is 10.0 Å². The lowest BCUT2D eigenvalue weighted by Crippen LogP contribution is -2.47. The Kier molecular flexibility index (Phi) is 41.9. The highest BCUT2D eigenvalue weighted by atomic mass is 79.9. The van der Waals surface area contributed by atoms with Gasteiger partial charge in [-0.15, -0.1) is 0 Å². The number of nitrogens with zero attached hydrogens (tertiary/aromatic N) is 12. The van der Waals surface area contributed by atoms with E-state index in [1.54, 1.807) is 61.5 Å². The molecule has 6 saturated heterocycles. The predicted molar refractivity (Wildman–Crippen MR) is 612 cm³/mol. The molecule has 0 atom stereocenters. The fraction of sp³-hybridized carbons (Fsp3) is 0.585. The molecule has 8 aliphatic rings. The first-order valence-electron chi connectivity index (χ1n) is 53.7. The Morgan fingerprint density at radius 2 is 0.694 bits per heavy atom. The zero-order valence-corrected chi connectivity index (χ0v) is 96.0. The van der Waals surface area contributed by atoms with Crippen LogP contribution in [0.2, 0.25) is 0 Å². The fourth-order valence-electron chi connectivity index (χ4n) is 23.3. The number of nitrogens with one attached hydrogen (secondary N) is 3. The summed E-state index contributed by atoms with van der Waals surface area (Å²) in [5, 5.41) is 2.84. The Balaban J connectivity index is 0.000000181. The molecular weight excluding hydrogens is 1930 g/mol. The molecule has 20 nitrogen and oxygen atoms in total. The first-order valence-corrected chi connectivity index (χ1v) is 57.6. The van der Waals surface area contributed by atoms with E-state index in [1.165, 1.54) is 72.7 Å². The zero-order chi connectivity index (χ0) is 108. The number of piperidine rings is 6. The van der Waals surface area contributed by atoms with E-state index in [4.69, 9.17) is 32.9 Å². The molecule has 796 valence electrons. The van der Waals surface area contributed by atoms with Crippen molar-refractivity contribution >= 4 is 76.9 Å². The third kappa shape index (κ3) is 32.6. The van der Waals surface area contributed by atoms with Crippen LogP contribution in [0, 0.1) is 104 Å². The van der Waals surface area contributed by atoms with Crippen LogP contribution in [0.4, 0.5) is 27.1 Å². The summed E-state index contributed by atoms with van der Waals surface area (Å²) in [7, 11) is -6.85. The van der Waals surface area contributed by atoms with Gasteiger partial charge in [-0.3, -0.25) is 48.6 Å². The Labute approximate surface area is 894 Å². The summed E-state index contributed by atoms with van der Waals surface area (Å²) >= 11 is 3.19. The van der Waals surface area contributed by atoms with Gasteiger partial charge >= 0.3 is 0 Å². The van der Waals surface area contributed by atoms with Crippen LogP contribution in [0.15, 0.2) is 178 Å². The fourth-order valence-corrected chi connectivity index (χ4v) is 25.2. The van der Waals surface area contributed by atoms with Gasteiger partial charge in [-0.05, 0) is 346 Å². The van der Waals surface area contributed by atoms with E-state index in [0.717, 1.165) is 210 Å².